The lowest BCUT2D eigenvalue weighted by molar-refractivity contribution is -0.139. The van der Waals surface area contributed by atoms with Gasteiger partial charge in [-0.05, 0) is 51.0 Å². The zero-order valence-electron chi connectivity index (χ0n) is 18.8. The lowest BCUT2D eigenvalue weighted by Gasteiger charge is -2.35. The molecular formula is C24H28N4O4S. The van der Waals surface area contributed by atoms with Crippen LogP contribution < -0.4 is 5.56 Å². The van der Waals surface area contributed by atoms with E-state index in [0.29, 0.717) is 42.7 Å². The molecular weight excluding hydrogens is 440 g/mol. The van der Waals surface area contributed by atoms with Gasteiger partial charge in [0.15, 0.2) is 0 Å². The Morgan fingerprint density at radius 2 is 1.73 bits per heavy atom. The van der Waals surface area contributed by atoms with Gasteiger partial charge in [-0.3, -0.25) is 9.59 Å². The van der Waals surface area contributed by atoms with E-state index in [1.165, 1.54) is 4.31 Å². The zero-order chi connectivity index (χ0) is 23.6. The van der Waals surface area contributed by atoms with Gasteiger partial charge in [-0.1, -0.05) is 30.3 Å². The monoisotopic (exact) mass is 468 g/mol. The van der Waals surface area contributed by atoms with Crippen LogP contribution >= 0.6 is 0 Å². The lowest BCUT2D eigenvalue weighted by atomic mass is 9.96. The molecule has 0 spiro atoms. The predicted octanol–water partition coefficient (Wildman–Crippen LogP) is 2.76. The third-order valence-corrected chi connectivity index (χ3v) is 7.99. The van der Waals surface area contributed by atoms with Crippen LogP contribution in [0.25, 0.3) is 10.9 Å². The Kier molecular flexibility index (Phi) is 6.62. The summed E-state index contributed by atoms with van der Waals surface area (Å²) in [7, 11) is -3.56. The molecule has 0 bridgehead atoms. The molecule has 33 heavy (non-hydrogen) atoms. The summed E-state index contributed by atoms with van der Waals surface area (Å²) in [5.41, 5.74) is 0.359. The number of sulfonamides is 1. The third-order valence-electron chi connectivity index (χ3n) is 6.07. The van der Waals surface area contributed by atoms with Crippen molar-refractivity contribution in [1.82, 2.24) is 19.2 Å². The molecule has 9 heteroatoms. The van der Waals surface area contributed by atoms with E-state index in [4.69, 9.17) is 0 Å². The topological polar surface area (TPSA) is 103 Å². The molecule has 0 atom stereocenters. The number of nitrogens with one attached hydrogen (secondary N) is 1. The Balaban J connectivity index is 1.47. The van der Waals surface area contributed by atoms with Crippen molar-refractivity contribution in [1.29, 1.82) is 0 Å². The van der Waals surface area contributed by atoms with Crippen molar-refractivity contribution >= 4 is 26.8 Å². The largest absolute Gasteiger partial charge is 0.333 e. The van der Waals surface area contributed by atoms with E-state index in [1.54, 1.807) is 53.4 Å². The van der Waals surface area contributed by atoms with Gasteiger partial charge < -0.3 is 9.88 Å². The van der Waals surface area contributed by atoms with Crippen molar-refractivity contribution in [2.75, 3.05) is 13.1 Å². The van der Waals surface area contributed by atoms with Gasteiger partial charge >= 0.3 is 0 Å². The minimum Gasteiger partial charge on any atom is -0.333 e. The van der Waals surface area contributed by atoms with Crippen LogP contribution in [0.5, 0.6) is 0 Å². The molecule has 1 amide bonds. The second-order valence-electron chi connectivity index (χ2n) is 8.58. The number of fused-ring (bicyclic) bond motifs is 1. The van der Waals surface area contributed by atoms with E-state index < -0.39 is 10.0 Å². The van der Waals surface area contributed by atoms with E-state index >= 15 is 0 Å². The number of aromatic nitrogens is 2. The highest BCUT2D eigenvalue weighted by Crippen LogP contribution is 2.26. The number of nitrogens with zero attached hydrogens (tertiary/aromatic N) is 3. The number of hydrogen-bond donors (Lipinski definition) is 1. The van der Waals surface area contributed by atoms with Gasteiger partial charge in [0.25, 0.3) is 5.56 Å². The summed E-state index contributed by atoms with van der Waals surface area (Å²) in [4.78, 5) is 35.1. The number of hydrogen-bond acceptors (Lipinski definition) is 5. The standard InChI is InChI=1S/C24H28N4O4S/c1-17(2)28(16-22-25-21-11-7-6-10-20(21)23(29)26-22)24(30)18-12-14-27(15-13-18)33(31,32)19-8-4-3-5-9-19/h3-11,17-18H,12-16H2,1-2H3,(H,25,26,29). The number of H-pyrrole nitrogens is 1. The molecule has 2 aromatic carbocycles. The highest BCUT2D eigenvalue weighted by Gasteiger charge is 2.34. The summed E-state index contributed by atoms with van der Waals surface area (Å²) in [5, 5.41) is 0.510. The van der Waals surface area contributed by atoms with E-state index in [0.717, 1.165) is 0 Å². The molecule has 2 heterocycles. The highest BCUT2D eigenvalue weighted by atomic mass is 32.2. The number of carbonyl (C=O) groups is 1. The van der Waals surface area contributed by atoms with Crippen LogP contribution in [0.3, 0.4) is 0 Å². The number of rotatable bonds is 6. The first-order valence-corrected chi connectivity index (χ1v) is 12.5. The summed E-state index contributed by atoms with van der Waals surface area (Å²) in [6.45, 7) is 4.63. The normalized spacial score (nSPS) is 15.7. The Bertz CT molecular complexity index is 1300. The summed E-state index contributed by atoms with van der Waals surface area (Å²) < 4.78 is 27.2. The van der Waals surface area contributed by atoms with Gasteiger partial charge in [0.2, 0.25) is 15.9 Å². The second kappa shape index (κ2) is 9.44. The van der Waals surface area contributed by atoms with Crippen LogP contribution in [0.1, 0.15) is 32.5 Å². The Labute approximate surface area is 193 Å². The van der Waals surface area contributed by atoms with Crippen LogP contribution in [0.4, 0.5) is 0 Å². The van der Waals surface area contributed by atoms with Crippen molar-refractivity contribution < 1.29 is 13.2 Å². The lowest BCUT2D eigenvalue weighted by Crippen LogP contribution is -2.46. The number of piperidine rings is 1. The molecule has 3 aromatic rings. The summed E-state index contributed by atoms with van der Waals surface area (Å²) >= 11 is 0. The van der Waals surface area contributed by atoms with Crippen LogP contribution in [0, 0.1) is 5.92 Å². The number of para-hydroxylation sites is 1. The maximum atomic E-state index is 13.4. The average molecular weight is 469 g/mol. The number of benzene rings is 2. The molecule has 174 valence electrons. The molecule has 4 rings (SSSR count). The predicted molar refractivity (Wildman–Crippen MR) is 126 cm³/mol. The fraction of sp³-hybridized carbons (Fsp3) is 0.375. The smallest absolute Gasteiger partial charge is 0.258 e. The van der Waals surface area contributed by atoms with Gasteiger partial charge in [-0.25, -0.2) is 13.4 Å². The van der Waals surface area contributed by atoms with Crippen LogP contribution in [0.2, 0.25) is 0 Å². The third kappa shape index (κ3) is 4.84. The SMILES string of the molecule is CC(C)N(Cc1nc2ccccc2c(=O)[nH]1)C(=O)C1CCN(S(=O)(=O)c2ccccc2)CC1. The molecule has 0 radical (unpaired) electrons. The minimum absolute atomic E-state index is 0.0439. The first kappa shape index (κ1) is 23.1. The molecule has 8 nitrogen and oxygen atoms in total. The molecule has 1 N–H and O–H groups in total. The Morgan fingerprint density at radius 1 is 1.09 bits per heavy atom. The molecule has 1 saturated heterocycles. The molecule has 0 aliphatic carbocycles. The molecule has 1 aromatic heterocycles. The van der Waals surface area contributed by atoms with Gasteiger partial charge in [-0.2, -0.15) is 4.31 Å². The zero-order valence-corrected chi connectivity index (χ0v) is 19.6. The quantitative estimate of drug-likeness (QED) is 0.599. The second-order valence-corrected chi connectivity index (χ2v) is 10.5. The van der Waals surface area contributed by atoms with Crippen molar-refractivity contribution in [3.05, 3.63) is 70.8 Å². The van der Waals surface area contributed by atoms with Crippen molar-refractivity contribution in [3.8, 4) is 0 Å². The van der Waals surface area contributed by atoms with E-state index in [1.807, 2.05) is 19.9 Å². The van der Waals surface area contributed by atoms with Crippen LogP contribution in [-0.2, 0) is 21.4 Å². The maximum Gasteiger partial charge on any atom is 0.258 e. The van der Waals surface area contributed by atoms with Gasteiger partial charge in [0.05, 0.1) is 22.3 Å². The van der Waals surface area contributed by atoms with Crippen molar-refractivity contribution in [2.24, 2.45) is 5.92 Å². The minimum atomic E-state index is -3.56. The summed E-state index contributed by atoms with van der Waals surface area (Å²) in [6.07, 6.45) is 0.908. The van der Waals surface area contributed by atoms with Crippen molar-refractivity contribution in [3.63, 3.8) is 0 Å². The summed E-state index contributed by atoms with van der Waals surface area (Å²) in [6, 6.07) is 15.4. The van der Waals surface area contributed by atoms with Gasteiger partial charge in [0, 0.05) is 25.0 Å². The average Bonchev–Trinajstić information content (AvgIpc) is 2.82. The number of aromatic amines is 1. The maximum absolute atomic E-state index is 13.4. The molecule has 1 aliphatic rings. The first-order chi connectivity index (χ1) is 15.8. The van der Waals surface area contributed by atoms with Gasteiger partial charge in [0.1, 0.15) is 5.82 Å². The van der Waals surface area contributed by atoms with E-state index in [-0.39, 0.29) is 34.9 Å². The summed E-state index contributed by atoms with van der Waals surface area (Å²) in [5.74, 6) is 0.115. The fourth-order valence-electron chi connectivity index (χ4n) is 4.21. The molecule has 0 saturated carbocycles. The molecule has 0 unspecified atom stereocenters. The molecule has 1 fully saturated rings. The number of amides is 1. The molecule has 1 aliphatic heterocycles. The highest BCUT2D eigenvalue weighted by molar-refractivity contribution is 7.89. The van der Waals surface area contributed by atoms with Gasteiger partial charge in [-0.15, -0.1) is 0 Å². The number of carbonyl (C=O) groups excluding carboxylic acids is 1. The van der Waals surface area contributed by atoms with E-state index in [9.17, 15) is 18.0 Å². The van der Waals surface area contributed by atoms with Crippen LogP contribution in [-0.4, -0.2) is 52.6 Å². The first-order valence-electron chi connectivity index (χ1n) is 11.1. The Morgan fingerprint density at radius 3 is 2.39 bits per heavy atom. The fourth-order valence-corrected chi connectivity index (χ4v) is 5.70. The van der Waals surface area contributed by atoms with E-state index in [2.05, 4.69) is 9.97 Å². The van der Waals surface area contributed by atoms with Crippen molar-refractivity contribution in [2.45, 2.75) is 44.2 Å². The van der Waals surface area contributed by atoms with Crippen LogP contribution in [0.15, 0.2) is 64.3 Å². The Hall–Kier alpha value is -3.04.